The summed E-state index contributed by atoms with van der Waals surface area (Å²) in [6, 6.07) is 5.58. The zero-order valence-electron chi connectivity index (χ0n) is 18.6. The number of carbonyl (C=O) groups excluding carboxylic acids is 1. The lowest BCUT2D eigenvalue weighted by Crippen LogP contribution is -2.46. The molecule has 2 aromatic heterocycles. The fourth-order valence-corrected chi connectivity index (χ4v) is 4.06. The van der Waals surface area contributed by atoms with E-state index in [1.54, 1.807) is 18.4 Å². The van der Waals surface area contributed by atoms with Crippen molar-refractivity contribution in [1.82, 2.24) is 24.3 Å². The van der Waals surface area contributed by atoms with Crippen molar-refractivity contribution >= 4 is 5.78 Å². The number of aromatic nitrogens is 3. The van der Waals surface area contributed by atoms with Gasteiger partial charge in [-0.1, -0.05) is 12.1 Å². The van der Waals surface area contributed by atoms with Crippen molar-refractivity contribution < 1.29 is 18.7 Å². The number of carbonyl (C=O) groups is 1. The molecular formula is C23H26FN5O4. The van der Waals surface area contributed by atoms with Gasteiger partial charge in [0, 0.05) is 32.6 Å². The number of hydrogen-bond acceptors (Lipinski definition) is 8. The third kappa shape index (κ3) is 5.01. The van der Waals surface area contributed by atoms with Crippen molar-refractivity contribution in [2.24, 2.45) is 0 Å². The molecule has 1 aromatic carbocycles. The van der Waals surface area contributed by atoms with Gasteiger partial charge in [-0.25, -0.2) is 14.4 Å². The summed E-state index contributed by atoms with van der Waals surface area (Å²) >= 11 is 0. The van der Waals surface area contributed by atoms with Crippen molar-refractivity contribution in [3.05, 3.63) is 75.9 Å². The molecule has 0 saturated heterocycles. The van der Waals surface area contributed by atoms with E-state index in [0.29, 0.717) is 38.4 Å². The van der Waals surface area contributed by atoms with Crippen molar-refractivity contribution in [3.63, 3.8) is 0 Å². The van der Waals surface area contributed by atoms with E-state index in [1.165, 1.54) is 23.1 Å². The lowest BCUT2D eigenvalue weighted by Gasteiger charge is -2.38. The SMILES string of the molecule is CN(C)CC1c2nc(C(=O)CCc3ccc(F)cc3)c(O)c(=O)n2CCN1Cc1cocn1. The highest BCUT2D eigenvalue weighted by molar-refractivity contribution is 5.96. The van der Waals surface area contributed by atoms with Crippen LogP contribution in [-0.2, 0) is 19.5 Å². The highest BCUT2D eigenvalue weighted by Crippen LogP contribution is 2.27. The molecule has 1 aliphatic rings. The fraction of sp³-hybridized carbons (Fsp3) is 0.391. The van der Waals surface area contributed by atoms with Gasteiger partial charge in [0.15, 0.2) is 17.9 Å². The molecule has 0 aliphatic carbocycles. The van der Waals surface area contributed by atoms with Gasteiger partial charge in [0.1, 0.15) is 17.9 Å². The first kappa shape index (κ1) is 22.8. The monoisotopic (exact) mass is 455 g/mol. The number of aryl methyl sites for hydroxylation is 1. The van der Waals surface area contributed by atoms with Crippen LogP contribution in [0, 0.1) is 5.82 Å². The molecule has 1 N–H and O–H groups in total. The molecule has 0 spiro atoms. The molecule has 4 rings (SSSR count). The Morgan fingerprint density at radius 1 is 1.27 bits per heavy atom. The molecule has 0 saturated carbocycles. The van der Waals surface area contributed by atoms with Gasteiger partial charge in [0.05, 0.1) is 11.7 Å². The van der Waals surface area contributed by atoms with Crippen LogP contribution < -0.4 is 5.56 Å². The number of hydrogen-bond donors (Lipinski definition) is 1. The molecule has 1 unspecified atom stereocenters. The number of ketones is 1. The Hall–Kier alpha value is -3.37. The zero-order chi connectivity index (χ0) is 23.5. The summed E-state index contributed by atoms with van der Waals surface area (Å²) < 4.78 is 19.6. The molecule has 0 fully saturated rings. The predicted molar refractivity (Wildman–Crippen MR) is 117 cm³/mol. The largest absolute Gasteiger partial charge is 0.501 e. The minimum Gasteiger partial charge on any atom is -0.501 e. The van der Waals surface area contributed by atoms with Gasteiger partial charge in [-0.05, 0) is 38.2 Å². The second-order valence-electron chi connectivity index (χ2n) is 8.40. The fourth-order valence-electron chi connectivity index (χ4n) is 4.06. The maximum absolute atomic E-state index is 13.1. The first-order chi connectivity index (χ1) is 15.8. The molecule has 0 bridgehead atoms. The number of likely N-dealkylation sites (N-methyl/N-ethyl adjacent to an activating group) is 1. The number of nitrogens with zero attached hydrogens (tertiary/aromatic N) is 5. The van der Waals surface area contributed by atoms with E-state index in [1.807, 2.05) is 19.0 Å². The van der Waals surface area contributed by atoms with Gasteiger partial charge < -0.3 is 14.4 Å². The third-order valence-electron chi connectivity index (χ3n) is 5.73. The maximum atomic E-state index is 13.1. The number of halogens is 1. The Labute approximate surface area is 190 Å². The normalized spacial score (nSPS) is 16.2. The first-order valence-corrected chi connectivity index (χ1v) is 10.7. The molecule has 0 radical (unpaired) electrons. The van der Waals surface area contributed by atoms with Crippen molar-refractivity contribution in [1.29, 1.82) is 0 Å². The van der Waals surface area contributed by atoms with E-state index in [0.717, 1.165) is 11.3 Å². The van der Waals surface area contributed by atoms with E-state index in [9.17, 15) is 19.1 Å². The second kappa shape index (κ2) is 9.63. The summed E-state index contributed by atoms with van der Waals surface area (Å²) in [5.74, 6) is -0.980. The Morgan fingerprint density at radius 2 is 2.03 bits per heavy atom. The number of aromatic hydroxyl groups is 1. The topological polar surface area (TPSA) is 105 Å². The third-order valence-corrected chi connectivity index (χ3v) is 5.73. The van der Waals surface area contributed by atoms with Crippen LogP contribution in [0.1, 0.15) is 40.0 Å². The van der Waals surface area contributed by atoms with Crippen LogP contribution in [0.3, 0.4) is 0 Å². The number of benzene rings is 1. The lowest BCUT2D eigenvalue weighted by atomic mass is 10.0. The number of fused-ring (bicyclic) bond motifs is 1. The van der Waals surface area contributed by atoms with Gasteiger partial charge in [-0.3, -0.25) is 19.1 Å². The summed E-state index contributed by atoms with van der Waals surface area (Å²) in [7, 11) is 3.83. The average molecular weight is 455 g/mol. The maximum Gasteiger partial charge on any atom is 0.296 e. The molecule has 3 aromatic rings. The molecule has 174 valence electrons. The van der Waals surface area contributed by atoms with Crippen molar-refractivity contribution in [3.8, 4) is 5.75 Å². The lowest BCUT2D eigenvalue weighted by molar-refractivity contribution is 0.0959. The summed E-state index contributed by atoms with van der Waals surface area (Å²) in [5.41, 5.74) is 0.697. The van der Waals surface area contributed by atoms with Gasteiger partial charge in [-0.15, -0.1) is 0 Å². The Morgan fingerprint density at radius 3 is 2.70 bits per heavy atom. The molecule has 33 heavy (non-hydrogen) atoms. The smallest absolute Gasteiger partial charge is 0.296 e. The standard InChI is InChI=1S/C23H26FN5O4/c1-27(2)12-18-22-26-20(19(30)8-5-15-3-6-16(24)7-4-15)21(31)23(32)29(22)10-9-28(18)11-17-13-33-14-25-17/h3-4,6-7,13-14,18,31H,5,8-12H2,1-2H3. The second-order valence-corrected chi connectivity index (χ2v) is 8.40. The van der Waals surface area contributed by atoms with Crippen LogP contribution in [0.2, 0.25) is 0 Å². The Bertz CT molecular complexity index is 1170. The zero-order valence-corrected chi connectivity index (χ0v) is 18.6. The quantitative estimate of drug-likeness (QED) is 0.515. The Balaban J connectivity index is 1.64. The first-order valence-electron chi connectivity index (χ1n) is 10.7. The number of Topliss-reactive ketones (excluding diaryl/α,β-unsaturated/α-hetero) is 1. The molecule has 10 heteroatoms. The highest BCUT2D eigenvalue weighted by Gasteiger charge is 2.33. The number of rotatable bonds is 8. The van der Waals surface area contributed by atoms with Crippen LogP contribution in [0.15, 0.2) is 46.1 Å². The van der Waals surface area contributed by atoms with Gasteiger partial charge in [-0.2, -0.15) is 0 Å². The van der Waals surface area contributed by atoms with Crippen molar-refractivity contribution in [2.45, 2.75) is 32.0 Å². The minimum atomic E-state index is -0.628. The van der Waals surface area contributed by atoms with Crippen LogP contribution in [-0.4, -0.2) is 62.4 Å². The van der Waals surface area contributed by atoms with Gasteiger partial charge in [0.25, 0.3) is 5.56 Å². The average Bonchev–Trinajstić information content (AvgIpc) is 3.30. The van der Waals surface area contributed by atoms with E-state index in [2.05, 4.69) is 14.9 Å². The molecule has 1 atom stereocenters. The van der Waals surface area contributed by atoms with Crippen LogP contribution >= 0.6 is 0 Å². The van der Waals surface area contributed by atoms with E-state index < -0.39 is 17.1 Å². The predicted octanol–water partition coefficient (Wildman–Crippen LogP) is 2.01. The highest BCUT2D eigenvalue weighted by atomic mass is 19.1. The molecule has 0 amide bonds. The van der Waals surface area contributed by atoms with E-state index in [-0.39, 0.29) is 24.0 Å². The molecular weight excluding hydrogens is 429 g/mol. The number of oxazole rings is 1. The summed E-state index contributed by atoms with van der Waals surface area (Å²) in [6.07, 6.45) is 3.32. The van der Waals surface area contributed by atoms with Gasteiger partial charge >= 0.3 is 0 Å². The summed E-state index contributed by atoms with van der Waals surface area (Å²) in [6.45, 7) is 1.94. The van der Waals surface area contributed by atoms with Crippen LogP contribution in [0.4, 0.5) is 4.39 Å². The Kier molecular flexibility index (Phi) is 6.66. The minimum absolute atomic E-state index is 0.0378. The molecule has 3 heterocycles. The van der Waals surface area contributed by atoms with Gasteiger partial charge in [0.2, 0.25) is 5.75 Å². The van der Waals surface area contributed by atoms with E-state index in [4.69, 9.17) is 4.42 Å². The summed E-state index contributed by atoms with van der Waals surface area (Å²) in [4.78, 5) is 38.6. The van der Waals surface area contributed by atoms with Crippen LogP contribution in [0.25, 0.3) is 0 Å². The van der Waals surface area contributed by atoms with Crippen LogP contribution in [0.5, 0.6) is 5.75 Å². The molecule has 1 aliphatic heterocycles. The van der Waals surface area contributed by atoms with E-state index >= 15 is 0 Å². The van der Waals surface area contributed by atoms with Crippen molar-refractivity contribution in [2.75, 3.05) is 27.2 Å². The summed E-state index contributed by atoms with van der Waals surface area (Å²) in [5, 5.41) is 10.5. The molecule has 9 nitrogen and oxygen atoms in total.